The Morgan fingerprint density at radius 2 is 2.14 bits per heavy atom. The average molecular weight is 348 g/mol. The number of nitrogens with two attached hydrogens (primary N) is 1. The summed E-state index contributed by atoms with van der Waals surface area (Å²) < 4.78 is 12.8. The molecule has 0 amide bonds. The molecule has 0 fully saturated rings. The maximum atomic E-state index is 5.99. The largest absolute Gasteiger partial charge is 0.493 e. The minimum atomic E-state index is 0.497. The number of halogens is 1. The van der Waals surface area contributed by atoms with Gasteiger partial charge in [-0.15, -0.1) is 0 Å². The first-order valence-corrected chi connectivity index (χ1v) is 7.83. The molecular formula is C17H18BrNO2. The van der Waals surface area contributed by atoms with Crippen LogP contribution >= 0.6 is 15.9 Å². The van der Waals surface area contributed by atoms with E-state index >= 15 is 0 Å². The first-order chi connectivity index (χ1) is 10.2. The van der Waals surface area contributed by atoms with Crippen molar-refractivity contribution < 1.29 is 9.47 Å². The SMILES string of the molecule is Cc1ccc(CN)cc1OCc1cc(Br)cc2c1OCC2. The van der Waals surface area contributed by atoms with Crippen LogP contribution in [0.1, 0.15) is 22.3 Å². The predicted octanol–water partition coefficient (Wildman–Crippen LogP) is 3.73. The lowest BCUT2D eigenvalue weighted by molar-refractivity contribution is 0.290. The van der Waals surface area contributed by atoms with Crippen LogP contribution in [0.3, 0.4) is 0 Å². The molecule has 110 valence electrons. The Balaban J connectivity index is 1.82. The van der Waals surface area contributed by atoms with Crippen molar-refractivity contribution in [1.29, 1.82) is 0 Å². The summed E-state index contributed by atoms with van der Waals surface area (Å²) in [6, 6.07) is 10.3. The van der Waals surface area contributed by atoms with Crippen LogP contribution in [-0.2, 0) is 19.6 Å². The monoisotopic (exact) mass is 347 g/mol. The molecular weight excluding hydrogens is 330 g/mol. The van der Waals surface area contributed by atoms with Gasteiger partial charge in [0.15, 0.2) is 0 Å². The zero-order valence-electron chi connectivity index (χ0n) is 12.0. The summed E-state index contributed by atoms with van der Waals surface area (Å²) >= 11 is 3.55. The van der Waals surface area contributed by atoms with E-state index in [1.54, 1.807) is 0 Å². The van der Waals surface area contributed by atoms with E-state index in [0.29, 0.717) is 13.2 Å². The van der Waals surface area contributed by atoms with E-state index in [9.17, 15) is 0 Å². The Bertz CT molecular complexity index is 670. The number of fused-ring (bicyclic) bond motifs is 1. The van der Waals surface area contributed by atoms with Crippen LogP contribution < -0.4 is 15.2 Å². The van der Waals surface area contributed by atoms with E-state index in [2.05, 4.69) is 28.1 Å². The van der Waals surface area contributed by atoms with Gasteiger partial charge >= 0.3 is 0 Å². The van der Waals surface area contributed by atoms with Gasteiger partial charge in [0.25, 0.3) is 0 Å². The van der Waals surface area contributed by atoms with Gasteiger partial charge < -0.3 is 15.2 Å². The Labute approximate surface area is 133 Å². The number of rotatable bonds is 4. The molecule has 0 spiro atoms. The Hall–Kier alpha value is -1.52. The molecule has 1 heterocycles. The highest BCUT2D eigenvalue weighted by Crippen LogP contribution is 2.34. The third-order valence-corrected chi connectivity index (χ3v) is 4.15. The zero-order valence-corrected chi connectivity index (χ0v) is 13.6. The molecule has 0 aromatic heterocycles. The van der Waals surface area contributed by atoms with Crippen LogP contribution in [0.2, 0.25) is 0 Å². The molecule has 0 bridgehead atoms. The molecule has 0 aliphatic carbocycles. The Morgan fingerprint density at radius 1 is 1.29 bits per heavy atom. The molecule has 4 heteroatoms. The molecule has 2 aromatic rings. The summed E-state index contributed by atoms with van der Waals surface area (Å²) in [4.78, 5) is 0. The Kier molecular flexibility index (Phi) is 4.17. The van der Waals surface area contributed by atoms with Gasteiger partial charge in [0, 0.05) is 23.0 Å². The fraction of sp³-hybridized carbons (Fsp3) is 0.294. The van der Waals surface area contributed by atoms with E-state index in [4.69, 9.17) is 15.2 Å². The molecule has 0 saturated carbocycles. The summed E-state index contributed by atoms with van der Waals surface area (Å²) in [5, 5.41) is 0. The summed E-state index contributed by atoms with van der Waals surface area (Å²) in [6.45, 7) is 3.81. The summed E-state index contributed by atoms with van der Waals surface area (Å²) in [7, 11) is 0. The fourth-order valence-electron chi connectivity index (χ4n) is 2.54. The van der Waals surface area contributed by atoms with Crippen LogP contribution in [0, 0.1) is 6.92 Å². The highest BCUT2D eigenvalue weighted by molar-refractivity contribution is 9.10. The molecule has 2 aromatic carbocycles. The van der Waals surface area contributed by atoms with Crippen molar-refractivity contribution in [3.05, 3.63) is 57.1 Å². The maximum Gasteiger partial charge on any atom is 0.129 e. The van der Waals surface area contributed by atoms with Crippen molar-refractivity contribution >= 4 is 15.9 Å². The van der Waals surface area contributed by atoms with E-state index in [1.807, 2.05) is 25.1 Å². The molecule has 0 radical (unpaired) electrons. The molecule has 0 unspecified atom stereocenters. The second-order valence-corrected chi connectivity index (χ2v) is 6.16. The van der Waals surface area contributed by atoms with Crippen molar-refractivity contribution in [3.63, 3.8) is 0 Å². The minimum Gasteiger partial charge on any atom is -0.493 e. The lowest BCUT2D eigenvalue weighted by Crippen LogP contribution is -2.02. The van der Waals surface area contributed by atoms with Crippen molar-refractivity contribution in [1.82, 2.24) is 0 Å². The number of benzene rings is 2. The number of hydrogen-bond acceptors (Lipinski definition) is 3. The molecule has 0 atom stereocenters. The molecule has 3 rings (SSSR count). The van der Waals surface area contributed by atoms with Crippen molar-refractivity contribution in [3.8, 4) is 11.5 Å². The van der Waals surface area contributed by atoms with E-state index in [-0.39, 0.29) is 0 Å². The average Bonchev–Trinajstić information content (AvgIpc) is 2.94. The lowest BCUT2D eigenvalue weighted by atomic mass is 10.1. The molecule has 1 aliphatic rings. The quantitative estimate of drug-likeness (QED) is 0.916. The predicted molar refractivity (Wildman–Crippen MR) is 86.7 cm³/mol. The smallest absolute Gasteiger partial charge is 0.129 e. The molecule has 3 nitrogen and oxygen atoms in total. The number of ether oxygens (including phenoxy) is 2. The van der Waals surface area contributed by atoms with Crippen molar-refractivity contribution in [2.75, 3.05) is 6.61 Å². The van der Waals surface area contributed by atoms with Gasteiger partial charge in [0.05, 0.1) is 6.61 Å². The molecule has 21 heavy (non-hydrogen) atoms. The second-order valence-electron chi connectivity index (χ2n) is 5.24. The molecule has 2 N–H and O–H groups in total. The summed E-state index contributed by atoms with van der Waals surface area (Å²) in [5.41, 5.74) is 10.2. The van der Waals surface area contributed by atoms with Crippen molar-refractivity contribution in [2.24, 2.45) is 5.73 Å². The van der Waals surface area contributed by atoms with Crippen LogP contribution in [0.5, 0.6) is 11.5 Å². The fourth-order valence-corrected chi connectivity index (χ4v) is 3.09. The third-order valence-electron chi connectivity index (χ3n) is 3.70. The van der Waals surface area contributed by atoms with Crippen LogP contribution in [0.15, 0.2) is 34.8 Å². The van der Waals surface area contributed by atoms with Gasteiger partial charge in [-0.05, 0) is 41.8 Å². The van der Waals surface area contributed by atoms with Crippen LogP contribution in [0.4, 0.5) is 0 Å². The first kappa shape index (κ1) is 14.4. The Morgan fingerprint density at radius 3 is 2.95 bits per heavy atom. The number of aryl methyl sites for hydroxylation is 1. The maximum absolute atomic E-state index is 5.99. The van der Waals surface area contributed by atoms with Gasteiger partial charge in [-0.1, -0.05) is 28.1 Å². The topological polar surface area (TPSA) is 44.5 Å². The first-order valence-electron chi connectivity index (χ1n) is 7.04. The normalized spacial score (nSPS) is 12.9. The highest BCUT2D eigenvalue weighted by Gasteiger charge is 2.18. The number of hydrogen-bond donors (Lipinski definition) is 1. The van der Waals surface area contributed by atoms with Crippen molar-refractivity contribution in [2.45, 2.75) is 26.5 Å². The third kappa shape index (κ3) is 3.06. The van der Waals surface area contributed by atoms with Crippen LogP contribution in [0.25, 0.3) is 0 Å². The van der Waals surface area contributed by atoms with Gasteiger partial charge in [-0.25, -0.2) is 0 Å². The lowest BCUT2D eigenvalue weighted by Gasteiger charge is -2.13. The van der Waals surface area contributed by atoms with Gasteiger partial charge in [0.1, 0.15) is 18.1 Å². The summed E-state index contributed by atoms with van der Waals surface area (Å²) in [6.07, 6.45) is 0.962. The second kappa shape index (κ2) is 6.08. The summed E-state index contributed by atoms with van der Waals surface area (Å²) in [5.74, 6) is 1.86. The molecule has 0 saturated heterocycles. The van der Waals surface area contributed by atoms with Gasteiger partial charge in [0.2, 0.25) is 0 Å². The van der Waals surface area contributed by atoms with Gasteiger partial charge in [-0.3, -0.25) is 0 Å². The zero-order chi connectivity index (χ0) is 14.8. The van der Waals surface area contributed by atoms with E-state index in [1.165, 1.54) is 5.56 Å². The van der Waals surface area contributed by atoms with E-state index < -0.39 is 0 Å². The standard InChI is InChI=1S/C17H18BrNO2/c1-11-2-3-12(9-19)6-16(11)21-10-14-8-15(18)7-13-4-5-20-17(13)14/h2-3,6-8H,4-5,9-10,19H2,1H3. The van der Waals surface area contributed by atoms with Gasteiger partial charge in [-0.2, -0.15) is 0 Å². The molecule has 1 aliphatic heterocycles. The van der Waals surface area contributed by atoms with Crippen LogP contribution in [-0.4, -0.2) is 6.61 Å². The van der Waals surface area contributed by atoms with E-state index in [0.717, 1.165) is 45.7 Å². The minimum absolute atomic E-state index is 0.497. The highest BCUT2D eigenvalue weighted by atomic mass is 79.9.